The first-order valence-electron chi connectivity index (χ1n) is 9.76. The van der Waals surface area contributed by atoms with E-state index in [0.717, 1.165) is 17.7 Å². The molecule has 1 aromatic carbocycles. The molecular formula is C21H23F3N2O3. The predicted octanol–water partition coefficient (Wildman–Crippen LogP) is 3.85. The number of alkyl carbamates (subject to hydrolysis) is 1. The molecule has 1 N–H and O–H groups in total. The molecule has 1 spiro atoms. The number of cyclic esters (lactones) is 1. The zero-order valence-corrected chi connectivity index (χ0v) is 15.9. The molecule has 2 atom stereocenters. The van der Waals surface area contributed by atoms with E-state index in [1.807, 2.05) is 4.90 Å². The summed E-state index contributed by atoms with van der Waals surface area (Å²) in [6.45, 7) is 4.69. The second kappa shape index (κ2) is 7.07. The molecule has 29 heavy (non-hydrogen) atoms. The molecule has 5 nitrogen and oxygen atoms in total. The zero-order valence-electron chi connectivity index (χ0n) is 15.9. The number of likely N-dealkylation sites (tertiary alicyclic amines) is 1. The monoisotopic (exact) mass is 408 g/mol. The number of benzene rings is 1. The maximum absolute atomic E-state index is 13.0. The summed E-state index contributed by atoms with van der Waals surface area (Å²) in [5, 5.41) is 2.79. The van der Waals surface area contributed by atoms with Gasteiger partial charge in [0.25, 0.3) is 0 Å². The second-order valence-corrected chi connectivity index (χ2v) is 8.26. The number of carbonyl (C=O) groups excluding carboxylic acids is 2. The van der Waals surface area contributed by atoms with Crippen LogP contribution in [0.15, 0.2) is 36.9 Å². The number of alkyl halides is 3. The van der Waals surface area contributed by atoms with Crippen molar-refractivity contribution in [2.24, 2.45) is 5.92 Å². The molecule has 0 radical (unpaired) electrons. The van der Waals surface area contributed by atoms with E-state index in [1.54, 1.807) is 6.08 Å². The maximum Gasteiger partial charge on any atom is 0.416 e. The number of rotatable bonds is 3. The fraction of sp³-hybridized carbons (Fsp3) is 0.524. The van der Waals surface area contributed by atoms with E-state index in [-0.39, 0.29) is 23.8 Å². The standard InChI is InChI=1S/C21H23F3N2O3/c1-2-17-9-14(13-3-5-16(6-4-13)21(22,23)24)7-8-26(17)18(27)15-10-20(11-15)12-29-19(28)25-20/h2-6,14-15,17H,1,7-12H2,(H,25,28)/t14-,15-,17-,20+/m1/s1. The Kier molecular flexibility index (Phi) is 4.83. The molecule has 2 saturated heterocycles. The predicted molar refractivity (Wildman–Crippen MR) is 99.1 cm³/mol. The van der Waals surface area contributed by atoms with Crippen molar-refractivity contribution in [1.29, 1.82) is 0 Å². The highest BCUT2D eigenvalue weighted by Crippen LogP contribution is 2.43. The van der Waals surface area contributed by atoms with Crippen LogP contribution in [0.1, 0.15) is 42.7 Å². The van der Waals surface area contributed by atoms with Gasteiger partial charge in [-0.1, -0.05) is 18.2 Å². The number of amides is 2. The van der Waals surface area contributed by atoms with Gasteiger partial charge in [0.2, 0.25) is 5.91 Å². The summed E-state index contributed by atoms with van der Waals surface area (Å²) in [6, 6.07) is 5.13. The van der Waals surface area contributed by atoms with E-state index in [9.17, 15) is 22.8 Å². The van der Waals surface area contributed by atoms with Gasteiger partial charge >= 0.3 is 12.3 Å². The fourth-order valence-electron chi connectivity index (χ4n) is 4.75. The van der Waals surface area contributed by atoms with Crippen LogP contribution < -0.4 is 5.32 Å². The number of hydrogen-bond acceptors (Lipinski definition) is 3. The average molecular weight is 408 g/mol. The Hall–Kier alpha value is -2.51. The van der Waals surface area contributed by atoms with Gasteiger partial charge < -0.3 is 15.0 Å². The third-order valence-electron chi connectivity index (χ3n) is 6.38. The number of halogens is 3. The van der Waals surface area contributed by atoms with E-state index in [1.165, 1.54) is 12.1 Å². The molecule has 4 rings (SSSR count). The minimum atomic E-state index is -4.35. The van der Waals surface area contributed by atoms with Gasteiger partial charge in [0, 0.05) is 12.5 Å². The van der Waals surface area contributed by atoms with Gasteiger partial charge in [0.1, 0.15) is 6.61 Å². The minimum absolute atomic E-state index is 0.0487. The highest BCUT2D eigenvalue weighted by molar-refractivity contribution is 5.82. The van der Waals surface area contributed by atoms with Crippen molar-refractivity contribution in [3.05, 3.63) is 48.0 Å². The highest BCUT2D eigenvalue weighted by Gasteiger charge is 2.54. The van der Waals surface area contributed by atoms with Gasteiger partial charge in [-0.05, 0) is 49.3 Å². The molecule has 1 aromatic rings. The van der Waals surface area contributed by atoms with Gasteiger partial charge in [-0.2, -0.15) is 13.2 Å². The summed E-state index contributed by atoms with van der Waals surface area (Å²) in [5.74, 6) is -0.0193. The molecule has 0 bridgehead atoms. The Morgan fingerprint density at radius 2 is 1.97 bits per heavy atom. The van der Waals surface area contributed by atoms with Crippen molar-refractivity contribution in [1.82, 2.24) is 10.2 Å². The third kappa shape index (κ3) is 3.72. The Bertz CT molecular complexity index is 815. The first-order valence-corrected chi connectivity index (χ1v) is 9.76. The second-order valence-electron chi connectivity index (χ2n) is 8.26. The third-order valence-corrected chi connectivity index (χ3v) is 6.38. The van der Waals surface area contributed by atoms with E-state index >= 15 is 0 Å². The number of nitrogens with zero attached hydrogens (tertiary/aromatic N) is 1. The van der Waals surface area contributed by atoms with Crippen LogP contribution >= 0.6 is 0 Å². The smallest absolute Gasteiger partial charge is 0.416 e. The van der Waals surface area contributed by atoms with Crippen molar-refractivity contribution in [2.75, 3.05) is 13.2 Å². The van der Waals surface area contributed by atoms with Gasteiger partial charge in [0.15, 0.2) is 0 Å². The Morgan fingerprint density at radius 1 is 1.28 bits per heavy atom. The lowest BCUT2D eigenvalue weighted by Crippen LogP contribution is -2.59. The largest absolute Gasteiger partial charge is 0.447 e. The van der Waals surface area contributed by atoms with E-state index < -0.39 is 23.4 Å². The molecule has 3 aliphatic rings. The first kappa shape index (κ1) is 19.8. The molecule has 2 heterocycles. The topological polar surface area (TPSA) is 58.6 Å². The Morgan fingerprint density at radius 3 is 2.52 bits per heavy atom. The lowest BCUT2D eigenvalue weighted by molar-refractivity contribution is -0.144. The zero-order chi connectivity index (χ0) is 20.8. The number of hydrogen-bond donors (Lipinski definition) is 1. The Balaban J connectivity index is 1.38. The molecule has 2 amide bonds. The Labute approximate surface area is 166 Å². The number of piperidine rings is 1. The van der Waals surface area contributed by atoms with Crippen LogP contribution in [0.4, 0.5) is 18.0 Å². The lowest BCUT2D eigenvalue weighted by atomic mass is 9.68. The van der Waals surface area contributed by atoms with Crippen LogP contribution in [0.3, 0.4) is 0 Å². The number of nitrogens with one attached hydrogen (secondary N) is 1. The molecule has 1 aliphatic carbocycles. The quantitative estimate of drug-likeness (QED) is 0.773. The highest BCUT2D eigenvalue weighted by atomic mass is 19.4. The lowest BCUT2D eigenvalue weighted by Gasteiger charge is -2.46. The number of ether oxygens (including phenoxy) is 1. The molecule has 0 unspecified atom stereocenters. The molecule has 2 aliphatic heterocycles. The van der Waals surface area contributed by atoms with E-state index in [4.69, 9.17) is 4.74 Å². The summed E-state index contributed by atoms with van der Waals surface area (Å²) in [4.78, 5) is 26.1. The average Bonchev–Trinajstić information content (AvgIpc) is 3.07. The maximum atomic E-state index is 13.0. The molecular weight excluding hydrogens is 385 g/mol. The van der Waals surface area contributed by atoms with Crippen molar-refractivity contribution >= 4 is 12.0 Å². The molecule has 8 heteroatoms. The first-order chi connectivity index (χ1) is 13.7. The van der Waals surface area contributed by atoms with E-state index in [2.05, 4.69) is 11.9 Å². The van der Waals surface area contributed by atoms with Crippen molar-refractivity contribution in [3.63, 3.8) is 0 Å². The van der Waals surface area contributed by atoms with Gasteiger partial charge in [-0.15, -0.1) is 6.58 Å². The van der Waals surface area contributed by atoms with Crippen LogP contribution in [0, 0.1) is 5.92 Å². The molecule has 156 valence electrons. The van der Waals surface area contributed by atoms with Gasteiger partial charge in [-0.3, -0.25) is 4.79 Å². The van der Waals surface area contributed by atoms with Gasteiger partial charge in [-0.25, -0.2) is 4.79 Å². The van der Waals surface area contributed by atoms with Crippen LogP contribution in [0.25, 0.3) is 0 Å². The summed E-state index contributed by atoms with van der Waals surface area (Å²) in [5.41, 5.74) is -0.207. The molecule has 1 saturated carbocycles. The van der Waals surface area contributed by atoms with Crippen molar-refractivity contribution < 1.29 is 27.5 Å². The molecule has 0 aromatic heterocycles. The SMILES string of the molecule is C=C[C@@H]1C[C@H](c2ccc(C(F)(F)F)cc2)CCN1C(=O)[C@H]1C[C@]2(COC(=O)N2)C1. The van der Waals surface area contributed by atoms with Gasteiger partial charge in [0.05, 0.1) is 17.1 Å². The van der Waals surface area contributed by atoms with Crippen LogP contribution in [0.2, 0.25) is 0 Å². The summed E-state index contributed by atoms with van der Waals surface area (Å²) in [6.07, 6.45) is -0.569. The summed E-state index contributed by atoms with van der Waals surface area (Å²) in [7, 11) is 0. The van der Waals surface area contributed by atoms with E-state index in [0.29, 0.717) is 38.8 Å². The van der Waals surface area contributed by atoms with Crippen LogP contribution in [0.5, 0.6) is 0 Å². The normalized spacial score (nSPS) is 31.8. The van der Waals surface area contributed by atoms with Crippen molar-refractivity contribution in [3.8, 4) is 0 Å². The number of carbonyl (C=O) groups is 2. The van der Waals surface area contributed by atoms with Crippen LogP contribution in [-0.4, -0.2) is 41.6 Å². The molecule has 3 fully saturated rings. The minimum Gasteiger partial charge on any atom is -0.447 e. The van der Waals surface area contributed by atoms with Crippen molar-refractivity contribution in [2.45, 2.75) is 49.4 Å². The van der Waals surface area contributed by atoms with Crippen LogP contribution in [-0.2, 0) is 15.7 Å². The summed E-state index contributed by atoms with van der Waals surface area (Å²) >= 11 is 0. The fourth-order valence-corrected chi connectivity index (χ4v) is 4.75. The summed E-state index contributed by atoms with van der Waals surface area (Å²) < 4.78 is 43.3.